The van der Waals surface area contributed by atoms with Crippen LogP contribution in [-0.4, -0.2) is 24.5 Å². The number of nitro benzene ring substituents is 1. The maximum absolute atomic E-state index is 11.4. The summed E-state index contributed by atoms with van der Waals surface area (Å²) in [5, 5.41) is 13.9. The molecule has 6 nitrogen and oxygen atoms in total. The van der Waals surface area contributed by atoms with Crippen molar-refractivity contribution in [3.8, 4) is 0 Å². The molecule has 0 unspecified atom stereocenters. The van der Waals surface area contributed by atoms with Crippen molar-refractivity contribution < 1.29 is 14.5 Å². The Morgan fingerprint density at radius 1 is 1.56 bits per heavy atom. The van der Waals surface area contributed by atoms with Crippen LogP contribution in [0.5, 0.6) is 0 Å². The fourth-order valence-electron chi connectivity index (χ4n) is 1.66. The van der Waals surface area contributed by atoms with E-state index < -0.39 is 10.9 Å². The summed E-state index contributed by atoms with van der Waals surface area (Å²) in [5.74, 6) is 0.0887. The molecule has 0 saturated heterocycles. The van der Waals surface area contributed by atoms with Crippen molar-refractivity contribution in [3.63, 3.8) is 0 Å². The van der Waals surface area contributed by atoms with E-state index in [0.29, 0.717) is 23.7 Å². The number of esters is 1. The van der Waals surface area contributed by atoms with Crippen molar-refractivity contribution in [1.29, 1.82) is 0 Å². The first-order valence-corrected chi connectivity index (χ1v) is 5.72. The quantitative estimate of drug-likeness (QED) is 0.492. The normalized spacial score (nSPS) is 14.1. The highest BCUT2D eigenvalue weighted by Crippen LogP contribution is 2.31. The van der Waals surface area contributed by atoms with Crippen LogP contribution in [0.3, 0.4) is 0 Å². The molecule has 1 fully saturated rings. The highest BCUT2D eigenvalue weighted by atomic mass is 16.6. The average Bonchev–Trinajstić information content (AvgIpc) is 3.18. The number of nitro groups is 1. The second-order valence-electron chi connectivity index (χ2n) is 4.30. The van der Waals surface area contributed by atoms with Crippen LogP contribution in [0.15, 0.2) is 18.2 Å². The standard InChI is InChI=1S/C12H14N2O4/c1-18-12(15)9-4-5-11(14(16)17)10(6-9)13-7-8-2-3-8/h4-6,8,13H,2-3,7H2,1H3. The van der Waals surface area contributed by atoms with Gasteiger partial charge in [0.15, 0.2) is 0 Å². The zero-order valence-electron chi connectivity index (χ0n) is 10.0. The smallest absolute Gasteiger partial charge is 0.337 e. The molecule has 2 rings (SSSR count). The van der Waals surface area contributed by atoms with E-state index in [2.05, 4.69) is 10.1 Å². The Balaban J connectivity index is 2.24. The molecule has 0 bridgehead atoms. The SMILES string of the molecule is COC(=O)c1ccc([N+](=O)[O-])c(NCC2CC2)c1. The predicted octanol–water partition coefficient (Wildman–Crippen LogP) is 2.20. The van der Waals surface area contributed by atoms with E-state index in [9.17, 15) is 14.9 Å². The summed E-state index contributed by atoms with van der Waals surface area (Å²) in [6.07, 6.45) is 2.30. The summed E-state index contributed by atoms with van der Waals surface area (Å²) in [4.78, 5) is 21.8. The molecule has 1 aliphatic carbocycles. The topological polar surface area (TPSA) is 81.5 Å². The molecule has 1 aromatic carbocycles. The first kappa shape index (κ1) is 12.3. The number of hydrogen-bond donors (Lipinski definition) is 1. The van der Waals surface area contributed by atoms with E-state index in [-0.39, 0.29) is 5.69 Å². The van der Waals surface area contributed by atoms with Crippen LogP contribution < -0.4 is 5.32 Å². The molecule has 0 aromatic heterocycles. The Morgan fingerprint density at radius 2 is 2.28 bits per heavy atom. The summed E-state index contributed by atoms with van der Waals surface area (Å²) >= 11 is 0. The van der Waals surface area contributed by atoms with Gasteiger partial charge in [-0.1, -0.05) is 0 Å². The number of nitrogens with one attached hydrogen (secondary N) is 1. The lowest BCUT2D eigenvalue weighted by Crippen LogP contribution is -2.08. The van der Waals surface area contributed by atoms with Gasteiger partial charge in [0, 0.05) is 12.6 Å². The Hall–Kier alpha value is -2.11. The Kier molecular flexibility index (Phi) is 3.45. The van der Waals surface area contributed by atoms with Gasteiger partial charge in [0.25, 0.3) is 5.69 Å². The molecule has 0 radical (unpaired) electrons. The second-order valence-corrected chi connectivity index (χ2v) is 4.30. The molecular formula is C12H14N2O4. The third kappa shape index (κ3) is 2.77. The maximum Gasteiger partial charge on any atom is 0.337 e. The summed E-state index contributed by atoms with van der Waals surface area (Å²) in [7, 11) is 1.28. The first-order chi connectivity index (χ1) is 8.61. The van der Waals surface area contributed by atoms with Gasteiger partial charge in [-0.15, -0.1) is 0 Å². The number of benzene rings is 1. The second kappa shape index (κ2) is 5.03. The van der Waals surface area contributed by atoms with E-state index in [4.69, 9.17) is 0 Å². The zero-order chi connectivity index (χ0) is 13.1. The molecule has 18 heavy (non-hydrogen) atoms. The van der Waals surface area contributed by atoms with Crippen molar-refractivity contribution in [2.75, 3.05) is 19.0 Å². The summed E-state index contributed by atoms with van der Waals surface area (Å²) in [5.41, 5.74) is 0.652. The fraction of sp³-hybridized carbons (Fsp3) is 0.417. The molecule has 0 atom stereocenters. The molecule has 6 heteroatoms. The van der Waals surface area contributed by atoms with Gasteiger partial charge in [-0.3, -0.25) is 10.1 Å². The largest absolute Gasteiger partial charge is 0.465 e. The van der Waals surface area contributed by atoms with E-state index in [1.807, 2.05) is 0 Å². The number of nitrogens with zero attached hydrogens (tertiary/aromatic N) is 1. The molecule has 0 amide bonds. The lowest BCUT2D eigenvalue weighted by Gasteiger charge is -2.07. The lowest BCUT2D eigenvalue weighted by molar-refractivity contribution is -0.384. The van der Waals surface area contributed by atoms with Gasteiger partial charge in [-0.05, 0) is 30.9 Å². The molecule has 0 aliphatic heterocycles. The summed E-state index contributed by atoms with van der Waals surface area (Å²) in [6, 6.07) is 4.18. The minimum Gasteiger partial charge on any atom is -0.465 e. The molecule has 1 aromatic rings. The van der Waals surface area contributed by atoms with Crippen LogP contribution in [0.25, 0.3) is 0 Å². The summed E-state index contributed by atoms with van der Waals surface area (Å²) < 4.78 is 4.59. The van der Waals surface area contributed by atoms with Crippen LogP contribution >= 0.6 is 0 Å². The van der Waals surface area contributed by atoms with Gasteiger partial charge >= 0.3 is 5.97 Å². The molecule has 0 heterocycles. The van der Waals surface area contributed by atoms with Crippen molar-refractivity contribution in [3.05, 3.63) is 33.9 Å². The van der Waals surface area contributed by atoms with Gasteiger partial charge in [-0.2, -0.15) is 0 Å². The Morgan fingerprint density at radius 3 is 2.83 bits per heavy atom. The van der Waals surface area contributed by atoms with Crippen molar-refractivity contribution in [1.82, 2.24) is 0 Å². The van der Waals surface area contributed by atoms with Gasteiger partial charge < -0.3 is 10.1 Å². The number of rotatable bonds is 5. The highest BCUT2D eigenvalue weighted by Gasteiger charge is 2.23. The van der Waals surface area contributed by atoms with E-state index in [1.165, 1.54) is 25.3 Å². The Labute approximate surface area is 104 Å². The van der Waals surface area contributed by atoms with Crippen LogP contribution in [0.4, 0.5) is 11.4 Å². The van der Waals surface area contributed by atoms with Gasteiger partial charge in [0.1, 0.15) is 5.69 Å². The third-order valence-corrected chi connectivity index (χ3v) is 2.89. The average molecular weight is 250 g/mol. The molecule has 96 valence electrons. The number of ether oxygens (including phenoxy) is 1. The van der Waals surface area contributed by atoms with Crippen LogP contribution in [0, 0.1) is 16.0 Å². The number of carbonyl (C=O) groups excluding carboxylic acids is 1. The number of methoxy groups -OCH3 is 1. The Bertz CT molecular complexity index is 483. The van der Waals surface area contributed by atoms with Crippen LogP contribution in [-0.2, 0) is 4.74 Å². The van der Waals surface area contributed by atoms with Crippen molar-refractivity contribution in [2.24, 2.45) is 5.92 Å². The van der Waals surface area contributed by atoms with Gasteiger partial charge in [0.05, 0.1) is 17.6 Å². The minimum atomic E-state index is -0.501. The highest BCUT2D eigenvalue weighted by molar-refractivity contribution is 5.91. The van der Waals surface area contributed by atoms with Crippen molar-refractivity contribution in [2.45, 2.75) is 12.8 Å². The molecular weight excluding hydrogens is 236 g/mol. The van der Waals surface area contributed by atoms with E-state index >= 15 is 0 Å². The van der Waals surface area contributed by atoms with Gasteiger partial charge in [0.2, 0.25) is 0 Å². The van der Waals surface area contributed by atoms with E-state index in [1.54, 1.807) is 0 Å². The van der Waals surface area contributed by atoms with Crippen LogP contribution in [0.1, 0.15) is 23.2 Å². The number of hydrogen-bond acceptors (Lipinski definition) is 5. The van der Waals surface area contributed by atoms with Gasteiger partial charge in [-0.25, -0.2) is 4.79 Å². The third-order valence-electron chi connectivity index (χ3n) is 2.89. The number of anilines is 1. The van der Waals surface area contributed by atoms with E-state index in [0.717, 1.165) is 12.8 Å². The summed E-state index contributed by atoms with van der Waals surface area (Å²) in [6.45, 7) is 0.700. The zero-order valence-corrected chi connectivity index (χ0v) is 10.0. The number of carbonyl (C=O) groups is 1. The monoisotopic (exact) mass is 250 g/mol. The molecule has 1 N–H and O–H groups in total. The van der Waals surface area contributed by atoms with Crippen LogP contribution in [0.2, 0.25) is 0 Å². The predicted molar refractivity (Wildman–Crippen MR) is 65.6 cm³/mol. The fourth-order valence-corrected chi connectivity index (χ4v) is 1.66. The molecule has 1 saturated carbocycles. The first-order valence-electron chi connectivity index (χ1n) is 5.72. The lowest BCUT2D eigenvalue weighted by atomic mass is 10.1. The minimum absolute atomic E-state index is 0.0247. The van der Waals surface area contributed by atoms with Crippen molar-refractivity contribution >= 4 is 17.3 Å². The molecule has 0 spiro atoms. The molecule has 1 aliphatic rings. The maximum atomic E-state index is 11.4.